The van der Waals surface area contributed by atoms with Crippen LogP contribution in [0.5, 0.6) is 0 Å². The summed E-state index contributed by atoms with van der Waals surface area (Å²) in [5.74, 6) is -0.0634. The fourth-order valence-corrected chi connectivity index (χ4v) is 3.71. The van der Waals surface area contributed by atoms with E-state index in [-0.39, 0.29) is 24.3 Å². The molecule has 1 aromatic carbocycles. The zero-order valence-corrected chi connectivity index (χ0v) is 16.8. The molecule has 158 valence electrons. The minimum atomic E-state index is -0.509. The summed E-state index contributed by atoms with van der Waals surface area (Å²) in [7, 11) is 0. The highest BCUT2D eigenvalue weighted by atomic mass is 16.2. The Morgan fingerprint density at radius 2 is 2.06 bits per heavy atom. The van der Waals surface area contributed by atoms with E-state index < -0.39 is 5.91 Å². The summed E-state index contributed by atoms with van der Waals surface area (Å²) in [6.07, 6.45) is 3.25. The summed E-state index contributed by atoms with van der Waals surface area (Å²) < 4.78 is 0. The molecule has 1 aliphatic heterocycles. The molecule has 4 rings (SSSR count). The fraction of sp³-hybridized carbons (Fsp3) is 0.286. The van der Waals surface area contributed by atoms with Gasteiger partial charge in [0.05, 0.1) is 17.5 Å². The molecule has 0 spiro atoms. The second kappa shape index (κ2) is 8.81. The molecule has 1 atom stereocenters. The summed E-state index contributed by atoms with van der Waals surface area (Å²) in [6.45, 7) is 1.53. The first-order valence-electron chi connectivity index (χ1n) is 9.98. The van der Waals surface area contributed by atoms with Gasteiger partial charge in [-0.3, -0.25) is 14.5 Å². The maximum atomic E-state index is 12.9. The predicted octanol–water partition coefficient (Wildman–Crippen LogP) is 1.80. The number of carbonyl (C=O) groups is 2. The molecule has 3 aromatic rings. The molecule has 5 N–H and O–H groups in total. The average Bonchev–Trinajstić information content (AvgIpc) is 3.24. The number of benzene rings is 1. The van der Waals surface area contributed by atoms with Crippen LogP contribution < -0.4 is 21.3 Å². The Bertz CT molecular complexity index is 1140. The Hall–Kier alpha value is -3.97. The van der Waals surface area contributed by atoms with Gasteiger partial charge in [-0.25, -0.2) is 0 Å². The van der Waals surface area contributed by atoms with Crippen molar-refractivity contribution in [3.63, 3.8) is 0 Å². The lowest BCUT2D eigenvalue weighted by atomic mass is 10.0. The predicted molar refractivity (Wildman–Crippen MR) is 116 cm³/mol. The van der Waals surface area contributed by atoms with Gasteiger partial charge in [0.25, 0.3) is 0 Å². The van der Waals surface area contributed by atoms with Crippen molar-refractivity contribution in [3.05, 3.63) is 42.1 Å². The topological polar surface area (TPSA) is 153 Å². The first kappa shape index (κ1) is 20.3. The van der Waals surface area contributed by atoms with Gasteiger partial charge in [0, 0.05) is 24.0 Å². The van der Waals surface area contributed by atoms with E-state index in [1.165, 1.54) is 0 Å². The summed E-state index contributed by atoms with van der Waals surface area (Å²) in [6, 6.07) is 10.3. The van der Waals surface area contributed by atoms with Crippen LogP contribution in [-0.4, -0.2) is 45.9 Å². The highest BCUT2D eigenvalue weighted by Gasteiger charge is 2.30. The number of nitrogens with two attached hydrogens (primary N) is 1. The number of aromatic nitrogens is 3. The Labute approximate surface area is 178 Å². The van der Waals surface area contributed by atoms with Gasteiger partial charge in [0.15, 0.2) is 5.82 Å². The summed E-state index contributed by atoms with van der Waals surface area (Å²) >= 11 is 0. The van der Waals surface area contributed by atoms with Crippen LogP contribution in [-0.2, 0) is 4.79 Å². The highest BCUT2D eigenvalue weighted by Crippen LogP contribution is 2.29. The van der Waals surface area contributed by atoms with Gasteiger partial charge in [-0.2, -0.15) is 15.2 Å². The van der Waals surface area contributed by atoms with E-state index in [9.17, 15) is 9.59 Å². The maximum Gasteiger partial charge on any atom is 0.248 e. The van der Waals surface area contributed by atoms with Crippen molar-refractivity contribution in [2.24, 2.45) is 5.73 Å². The molecule has 2 amide bonds. The summed E-state index contributed by atoms with van der Waals surface area (Å²) in [4.78, 5) is 38.0. The molecule has 0 saturated carbocycles. The number of nitriles is 1. The van der Waals surface area contributed by atoms with Crippen molar-refractivity contribution in [2.75, 3.05) is 23.3 Å². The van der Waals surface area contributed by atoms with E-state index in [2.05, 4.69) is 25.6 Å². The number of hydrogen-bond acceptors (Lipinski definition) is 7. The van der Waals surface area contributed by atoms with Gasteiger partial charge < -0.3 is 21.4 Å². The van der Waals surface area contributed by atoms with Gasteiger partial charge >= 0.3 is 0 Å². The number of primary amides is 1. The summed E-state index contributed by atoms with van der Waals surface area (Å²) in [5, 5.41) is 16.2. The van der Waals surface area contributed by atoms with Crippen LogP contribution in [0.4, 0.5) is 17.5 Å². The van der Waals surface area contributed by atoms with Gasteiger partial charge in [-0.05, 0) is 49.7 Å². The third-order valence-corrected chi connectivity index (χ3v) is 5.18. The quantitative estimate of drug-likeness (QED) is 0.476. The van der Waals surface area contributed by atoms with Gasteiger partial charge in [0.2, 0.25) is 17.8 Å². The van der Waals surface area contributed by atoms with E-state index in [4.69, 9.17) is 11.0 Å². The number of rotatable bonds is 6. The number of fused-ring (bicyclic) bond motifs is 1. The normalized spacial score (nSPS) is 15.9. The number of nitrogens with one attached hydrogen (secondary N) is 3. The monoisotopic (exact) mass is 418 g/mol. The average molecular weight is 418 g/mol. The van der Waals surface area contributed by atoms with Crippen LogP contribution in [0.3, 0.4) is 0 Å². The number of hydrogen-bond donors (Lipinski definition) is 4. The third-order valence-electron chi connectivity index (χ3n) is 5.18. The van der Waals surface area contributed by atoms with Crippen LogP contribution in [0, 0.1) is 11.3 Å². The zero-order chi connectivity index (χ0) is 21.8. The number of anilines is 3. The molecule has 1 aliphatic rings. The second-order valence-corrected chi connectivity index (χ2v) is 7.28. The molecule has 3 heterocycles. The highest BCUT2D eigenvalue weighted by molar-refractivity contribution is 6.02. The molecule has 2 aromatic heterocycles. The second-order valence-electron chi connectivity index (χ2n) is 7.28. The summed E-state index contributed by atoms with van der Waals surface area (Å²) in [5.41, 5.74) is 6.92. The van der Waals surface area contributed by atoms with Crippen molar-refractivity contribution < 1.29 is 9.59 Å². The van der Waals surface area contributed by atoms with E-state index >= 15 is 0 Å². The van der Waals surface area contributed by atoms with E-state index in [0.29, 0.717) is 34.6 Å². The number of nitrogens with zero attached hydrogens (tertiary/aromatic N) is 4. The molecule has 31 heavy (non-hydrogen) atoms. The molecule has 0 aliphatic carbocycles. The Morgan fingerprint density at radius 3 is 2.74 bits per heavy atom. The zero-order valence-electron chi connectivity index (χ0n) is 16.8. The van der Waals surface area contributed by atoms with Gasteiger partial charge in [-0.1, -0.05) is 0 Å². The molecule has 0 bridgehead atoms. The lowest BCUT2D eigenvalue weighted by molar-refractivity contribution is -0.118. The fourth-order valence-electron chi connectivity index (χ4n) is 3.71. The molecule has 1 unspecified atom stereocenters. The van der Waals surface area contributed by atoms with E-state index in [1.54, 1.807) is 35.4 Å². The number of piperidine rings is 1. The Kier molecular flexibility index (Phi) is 5.77. The lowest BCUT2D eigenvalue weighted by Gasteiger charge is -2.34. The number of H-pyrrole nitrogens is 1. The van der Waals surface area contributed by atoms with Crippen molar-refractivity contribution in [2.45, 2.75) is 25.3 Å². The van der Waals surface area contributed by atoms with Crippen molar-refractivity contribution in [1.82, 2.24) is 20.3 Å². The van der Waals surface area contributed by atoms with Crippen molar-refractivity contribution in [1.29, 1.82) is 5.26 Å². The SMILES string of the molecule is N#CCC(=O)N(c1nc(Nc2ccc(C(N)=O)cc2)nc2[nH]ccc12)C1CCCNC1. The molecule has 10 heteroatoms. The molecular formula is C21H22N8O2. The van der Waals surface area contributed by atoms with Crippen LogP contribution in [0.15, 0.2) is 36.5 Å². The molecule has 1 fully saturated rings. The van der Waals surface area contributed by atoms with Crippen molar-refractivity contribution in [3.8, 4) is 6.07 Å². The van der Waals surface area contributed by atoms with Gasteiger partial charge in [-0.15, -0.1) is 0 Å². The molecular weight excluding hydrogens is 396 g/mol. The molecule has 0 radical (unpaired) electrons. The van der Waals surface area contributed by atoms with Crippen molar-refractivity contribution >= 4 is 40.3 Å². The number of amides is 2. The largest absolute Gasteiger partial charge is 0.366 e. The smallest absolute Gasteiger partial charge is 0.248 e. The van der Waals surface area contributed by atoms with Crippen LogP contribution in [0.1, 0.15) is 29.6 Å². The molecule has 1 saturated heterocycles. The number of aromatic amines is 1. The third kappa shape index (κ3) is 4.31. The van der Waals surface area contributed by atoms with Gasteiger partial charge in [0.1, 0.15) is 12.1 Å². The Morgan fingerprint density at radius 1 is 1.26 bits per heavy atom. The lowest BCUT2D eigenvalue weighted by Crippen LogP contribution is -2.49. The van der Waals surface area contributed by atoms with Crippen LogP contribution >= 0.6 is 0 Å². The minimum absolute atomic E-state index is 0.106. The van der Waals surface area contributed by atoms with E-state index in [1.807, 2.05) is 12.1 Å². The standard InChI is InChI=1S/C21H22N8O2/c22-9-7-17(30)29(15-2-1-10-24-12-15)20-16-8-11-25-19(16)27-21(28-20)26-14-5-3-13(4-6-14)18(23)31/h3-6,8,11,15,24H,1-2,7,10,12H2,(H2,23,31)(H2,25,26,27,28). The first-order chi connectivity index (χ1) is 15.1. The molecule has 10 nitrogen and oxygen atoms in total. The van der Waals surface area contributed by atoms with E-state index in [0.717, 1.165) is 19.4 Å². The Balaban J connectivity index is 1.73. The number of carbonyl (C=O) groups excluding carboxylic acids is 2. The maximum absolute atomic E-state index is 12.9. The van der Waals surface area contributed by atoms with Crippen LogP contribution in [0.2, 0.25) is 0 Å². The first-order valence-corrected chi connectivity index (χ1v) is 9.98. The minimum Gasteiger partial charge on any atom is -0.366 e. The van der Waals surface area contributed by atoms with Crippen LogP contribution in [0.25, 0.3) is 11.0 Å².